The summed E-state index contributed by atoms with van der Waals surface area (Å²) in [5.74, 6) is -2.98. The molecular formula is C16H7Cl2F2NO. The van der Waals surface area contributed by atoms with E-state index in [2.05, 4.69) is 0 Å². The maximum absolute atomic E-state index is 13.6. The maximum Gasteiger partial charge on any atom is 0.206 e. The Morgan fingerprint density at radius 2 is 1.68 bits per heavy atom. The summed E-state index contributed by atoms with van der Waals surface area (Å²) < 4.78 is 26.8. The molecule has 0 saturated carbocycles. The zero-order valence-electron chi connectivity index (χ0n) is 10.9. The smallest absolute Gasteiger partial charge is 0.206 e. The molecule has 0 amide bonds. The van der Waals surface area contributed by atoms with Crippen molar-refractivity contribution in [3.63, 3.8) is 0 Å². The largest absolute Gasteiger partial charge is 0.288 e. The number of hydrogen-bond acceptors (Lipinski definition) is 2. The molecule has 0 atom stereocenters. The molecule has 0 bridgehead atoms. The fourth-order valence-electron chi connectivity index (χ4n) is 1.79. The Labute approximate surface area is 135 Å². The Hall–Kier alpha value is -2.22. The van der Waals surface area contributed by atoms with E-state index in [4.69, 9.17) is 28.5 Å². The number of allylic oxidation sites excluding steroid dienone is 1. The molecule has 0 aromatic heterocycles. The lowest BCUT2D eigenvalue weighted by Crippen LogP contribution is -2.04. The molecule has 0 radical (unpaired) electrons. The molecule has 0 unspecified atom stereocenters. The van der Waals surface area contributed by atoms with E-state index in [1.54, 1.807) is 12.1 Å². The minimum Gasteiger partial charge on any atom is -0.288 e. The van der Waals surface area contributed by atoms with Crippen molar-refractivity contribution in [3.8, 4) is 6.07 Å². The molecule has 2 aromatic carbocycles. The Balaban J connectivity index is 2.53. The first-order chi connectivity index (χ1) is 10.5. The van der Waals surface area contributed by atoms with E-state index in [0.717, 1.165) is 12.1 Å². The number of nitriles is 1. The highest BCUT2D eigenvalue weighted by atomic mass is 35.5. The molecule has 0 fully saturated rings. The first kappa shape index (κ1) is 16.2. The van der Waals surface area contributed by atoms with Gasteiger partial charge in [-0.2, -0.15) is 5.26 Å². The highest BCUT2D eigenvalue weighted by Gasteiger charge is 2.19. The van der Waals surface area contributed by atoms with Crippen LogP contribution in [0, 0.1) is 23.0 Å². The second-order valence-corrected chi connectivity index (χ2v) is 5.05. The van der Waals surface area contributed by atoms with E-state index < -0.39 is 23.0 Å². The fourth-order valence-corrected chi connectivity index (χ4v) is 2.35. The second kappa shape index (κ2) is 6.69. The van der Waals surface area contributed by atoms with Crippen LogP contribution in [-0.2, 0) is 0 Å². The first-order valence-electron chi connectivity index (χ1n) is 6.00. The van der Waals surface area contributed by atoms with Gasteiger partial charge in [-0.3, -0.25) is 4.79 Å². The van der Waals surface area contributed by atoms with Crippen molar-refractivity contribution < 1.29 is 13.6 Å². The van der Waals surface area contributed by atoms with E-state index in [1.807, 2.05) is 0 Å². The molecule has 2 nitrogen and oxygen atoms in total. The molecule has 0 N–H and O–H groups in total. The number of nitrogens with zero attached hydrogens (tertiary/aromatic N) is 1. The highest BCUT2D eigenvalue weighted by Crippen LogP contribution is 2.27. The summed E-state index contributed by atoms with van der Waals surface area (Å²) in [7, 11) is 0. The van der Waals surface area contributed by atoms with Gasteiger partial charge in [-0.15, -0.1) is 0 Å². The molecule has 0 aliphatic rings. The van der Waals surface area contributed by atoms with Crippen molar-refractivity contribution in [3.05, 3.63) is 74.8 Å². The van der Waals surface area contributed by atoms with Gasteiger partial charge >= 0.3 is 0 Å². The number of carbonyl (C=O) groups excluding carboxylic acids is 1. The monoisotopic (exact) mass is 337 g/mol. The van der Waals surface area contributed by atoms with Gasteiger partial charge in [0.15, 0.2) is 11.6 Å². The van der Waals surface area contributed by atoms with Crippen LogP contribution in [0.1, 0.15) is 15.9 Å². The number of rotatable bonds is 3. The predicted octanol–water partition coefficient (Wildman–Crippen LogP) is 5.06. The highest BCUT2D eigenvalue weighted by molar-refractivity contribution is 6.41. The third-order valence-electron chi connectivity index (χ3n) is 2.84. The van der Waals surface area contributed by atoms with Crippen LogP contribution in [0.25, 0.3) is 6.08 Å². The average Bonchev–Trinajstić information content (AvgIpc) is 2.48. The summed E-state index contributed by atoms with van der Waals surface area (Å²) in [6.07, 6.45) is 0.959. The molecule has 0 aliphatic carbocycles. The van der Waals surface area contributed by atoms with Gasteiger partial charge in [0.25, 0.3) is 0 Å². The van der Waals surface area contributed by atoms with Gasteiger partial charge in [0.05, 0.1) is 15.6 Å². The molecule has 2 rings (SSSR count). The van der Waals surface area contributed by atoms with Crippen LogP contribution in [-0.4, -0.2) is 5.78 Å². The van der Waals surface area contributed by atoms with Crippen LogP contribution in [0.5, 0.6) is 0 Å². The van der Waals surface area contributed by atoms with Crippen molar-refractivity contribution in [2.45, 2.75) is 0 Å². The van der Waals surface area contributed by atoms with Crippen molar-refractivity contribution in [2.24, 2.45) is 0 Å². The molecule has 0 aliphatic heterocycles. The fraction of sp³-hybridized carbons (Fsp3) is 0. The topological polar surface area (TPSA) is 40.9 Å². The number of halogens is 4. The standard InChI is InChI=1S/C16H7Cl2F2NO/c17-11-4-2-5-12(18)14(11)16(22)10(8-21)7-9-3-1-6-13(19)15(9)20/h1-7H/b10-7-. The summed E-state index contributed by atoms with van der Waals surface area (Å²) in [4.78, 5) is 12.3. The van der Waals surface area contributed by atoms with Gasteiger partial charge < -0.3 is 0 Å². The molecule has 110 valence electrons. The van der Waals surface area contributed by atoms with Crippen LogP contribution in [0.4, 0.5) is 8.78 Å². The van der Waals surface area contributed by atoms with E-state index in [9.17, 15) is 13.6 Å². The Bertz CT molecular complexity index is 805. The van der Waals surface area contributed by atoms with E-state index in [-0.39, 0.29) is 21.2 Å². The summed E-state index contributed by atoms with van der Waals surface area (Å²) in [6.45, 7) is 0. The lowest BCUT2D eigenvalue weighted by atomic mass is 10.0. The van der Waals surface area contributed by atoms with Crippen molar-refractivity contribution in [1.82, 2.24) is 0 Å². The predicted molar refractivity (Wildman–Crippen MR) is 80.7 cm³/mol. The number of benzene rings is 2. The Morgan fingerprint density at radius 3 is 2.27 bits per heavy atom. The zero-order valence-corrected chi connectivity index (χ0v) is 12.4. The van der Waals surface area contributed by atoms with Crippen LogP contribution in [0.2, 0.25) is 10.0 Å². The van der Waals surface area contributed by atoms with Crippen molar-refractivity contribution >= 4 is 35.1 Å². The van der Waals surface area contributed by atoms with E-state index in [0.29, 0.717) is 0 Å². The van der Waals surface area contributed by atoms with Gasteiger partial charge in [-0.05, 0) is 24.3 Å². The van der Waals surface area contributed by atoms with Crippen LogP contribution in [0.3, 0.4) is 0 Å². The Kier molecular flexibility index (Phi) is 4.92. The quantitative estimate of drug-likeness (QED) is 0.446. The minimum atomic E-state index is -1.15. The van der Waals surface area contributed by atoms with Gasteiger partial charge in [-0.1, -0.05) is 41.4 Å². The maximum atomic E-state index is 13.6. The molecule has 6 heteroatoms. The zero-order chi connectivity index (χ0) is 16.3. The lowest BCUT2D eigenvalue weighted by molar-refractivity contribution is 0.104. The first-order valence-corrected chi connectivity index (χ1v) is 6.75. The molecular weight excluding hydrogens is 331 g/mol. The van der Waals surface area contributed by atoms with Crippen LogP contribution >= 0.6 is 23.2 Å². The van der Waals surface area contributed by atoms with Gasteiger partial charge in [0.1, 0.15) is 11.6 Å². The molecule has 22 heavy (non-hydrogen) atoms. The van der Waals surface area contributed by atoms with Crippen LogP contribution in [0.15, 0.2) is 42.0 Å². The normalized spacial score (nSPS) is 11.1. The van der Waals surface area contributed by atoms with Gasteiger partial charge in [-0.25, -0.2) is 8.78 Å². The van der Waals surface area contributed by atoms with Crippen molar-refractivity contribution in [1.29, 1.82) is 5.26 Å². The number of ketones is 1. The number of Topliss-reactive ketones (excluding diaryl/α,β-unsaturated/α-hetero) is 1. The number of carbonyl (C=O) groups is 1. The summed E-state index contributed by atoms with van der Waals surface area (Å²) in [6, 6.07) is 9.54. The van der Waals surface area contributed by atoms with Gasteiger partial charge in [0, 0.05) is 5.56 Å². The lowest BCUT2D eigenvalue weighted by Gasteiger charge is -2.05. The molecule has 2 aromatic rings. The molecule has 0 saturated heterocycles. The third-order valence-corrected chi connectivity index (χ3v) is 3.47. The minimum absolute atomic E-state index is 0.0598. The summed E-state index contributed by atoms with van der Waals surface area (Å²) in [5.41, 5.74) is -0.678. The van der Waals surface area contributed by atoms with Gasteiger partial charge in [0.2, 0.25) is 5.78 Å². The summed E-state index contributed by atoms with van der Waals surface area (Å²) >= 11 is 11.8. The molecule has 0 heterocycles. The number of hydrogen-bond donors (Lipinski definition) is 0. The van der Waals surface area contributed by atoms with E-state index >= 15 is 0 Å². The average molecular weight is 338 g/mol. The van der Waals surface area contributed by atoms with Crippen molar-refractivity contribution in [2.75, 3.05) is 0 Å². The second-order valence-electron chi connectivity index (χ2n) is 4.24. The Morgan fingerprint density at radius 1 is 1.09 bits per heavy atom. The SMILES string of the molecule is N#C/C(=C/c1cccc(F)c1F)C(=O)c1c(Cl)cccc1Cl. The summed E-state index contributed by atoms with van der Waals surface area (Å²) in [5, 5.41) is 9.26. The van der Waals surface area contributed by atoms with Crippen LogP contribution < -0.4 is 0 Å². The third kappa shape index (κ3) is 3.16. The molecule has 0 spiro atoms. The van der Waals surface area contributed by atoms with E-state index in [1.165, 1.54) is 24.3 Å².